The Kier molecular flexibility index (Phi) is 2.95. The van der Waals surface area contributed by atoms with Crippen LogP contribution in [-0.2, 0) is 6.54 Å². The summed E-state index contributed by atoms with van der Waals surface area (Å²) in [7, 11) is 1.60. The molecule has 1 heterocycles. The van der Waals surface area contributed by atoms with Gasteiger partial charge >= 0.3 is 0 Å². The third-order valence-corrected chi connectivity index (χ3v) is 2.27. The molecule has 0 fully saturated rings. The molecule has 5 heteroatoms. The SMILES string of the molecule is COc1cc(NCc2cnc[nH]2)ccc1N. The van der Waals surface area contributed by atoms with E-state index in [4.69, 9.17) is 10.5 Å². The summed E-state index contributed by atoms with van der Waals surface area (Å²) in [6, 6.07) is 5.59. The van der Waals surface area contributed by atoms with Gasteiger partial charge in [0.25, 0.3) is 0 Å². The minimum atomic E-state index is 0.634. The van der Waals surface area contributed by atoms with Gasteiger partial charge in [0.1, 0.15) is 5.75 Å². The van der Waals surface area contributed by atoms with Crippen molar-refractivity contribution in [3.05, 3.63) is 36.4 Å². The maximum atomic E-state index is 5.72. The number of anilines is 2. The predicted octanol–water partition coefficient (Wildman–Crippen LogP) is 1.61. The van der Waals surface area contributed by atoms with Gasteiger partial charge in [-0.3, -0.25) is 0 Å². The highest BCUT2D eigenvalue weighted by Crippen LogP contribution is 2.25. The van der Waals surface area contributed by atoms with E-state index in [-0.39, 0.29) is 0 Å². The minimum Gasteiger partial charge on any atom is -0.495 e. The van der Waals surface area contributed by atoms with E-state index in [1.165, 1.54) is 0 Å². The summed E-state index contributed by atoms with van der Waals surface area (Å²) in [5.41, 5.74) is 8.34. The van der Waals surface area contributed by atoms with Gasteiger partial charge < -0.3 is 20.8 Å². The van der Waals surface area contributed by atoms with Crippen LogP contribution in [0.4, 0.5) is 11.4 Å². The van der Waals surface area contributed by atoms with Crippen LogP contribution in [-0.4, -0.2) is 17.1 Å². The van der Waals surface area contributed by atoms with E-state index < -0.39 is 0 Å². The van der Waals surface area contributed by atoms with Gasteiger partial charge in [-0.1, -0.05) is 0 Å². The third-order valence-electron chi connectivity index (χ3n) is 2.27. The van der Waals surface area contributed by atoms with Crippen LogP contribution in [0.3, 0.4) is 0 Å². The van der Waals surface area contributed by atoms with Gasteiger partial charge in [0.2, 0.25) is 0 Å². The Morgan fingerprint density at radius 2 is 2.38 bits per heavy atom. The van der Waals surface area contributed by atoms with Gasteiger partial charge in [0.05, 0.1) is 31.4 Å². The Morgan fingerprint density at radius 1 is 1.50 bits per heavy atom. The topological polar surface area (TPSA) is 76.0 Å². The molecule has 0 radical (unpaired) electrons. The second-order valence-electron chi connectivity index (χ2n) is 3.39. The first-order chi connectivity index (χ1) is 7.79. The zero-order valence-electron chi connectivity index (χ0n) is 9.03. The average Bonchev–Trinajstić information content (AvgIpc) is 2.81. The minimum absolute atomic E-state index is 0.634. The van der Waals surface area contributed by atoms with Crippen molar-refractivity contribution < 1.29 is 4.74 Å². The molecule has 1 aromatic carbocycles. The Labute approximate surface area is 93.7 Å². The Bertz CT molecular complexity index is 453. The molecule has 0 amide bonds. The zero-order chi connectivity index (χ0) is 11.4. The van der Waals surface area contributed by atoms with Crippen molar-refractivity contribution in [2.24, 2.45) is 0 Å². The van der Waals surface area contributed by atoms with E-state index in [0.29, 0.717) is 18.0 Å². The second kappa shape index (κ2) is 4.57. The van der Waals surface area contributed by atoms with Crippen LogP contribution >= 0.6 is 0 Å². The summed E-state index contributed by atoms with van der Waals surface area (Å²) < 4.78 is 5.14. The Hall–Kier alpha value is -2.17. The molecule has 1 aromatic heterocycles. The number of rotatable bonds is 4. The maximum Gasteiger partial charge on any atom is 0.143 e. The smallest absolute Gasteiger partial charge is 0.143 e. The second-order valence-corrected chi connectivity index (χ2v) is 3.39. The number of nitrogens with two attached hydrogens (primary N) is 1. The van der Waals surface area contributed by atoms with Crippen LogP contribution in [0.25, 0.3) is 0 Å². The van der Waals surface area contributed by atoms with Crippen molar-refractivity contribution >= 4 is 11.4 Å². The lowest BCUT2D eigenvalue weighted by molar-refractivity contribution is 0.417. The van der Waals surface area contributed by atoms with Gasteiger partial charge in [-0.15, -0.1) is 0 Å². The number of ether oxygens (including phenoxy) is 1. The van der Waals surface area contributed by atoms with Crippen LogP contribution in [0.5, 0.6) is 5.75 Å². The van der Waals surface area contributed by atoms with Gasteiger partial charge in [0.15, 0.2) is 0 Å². The standard InChI is InChI=1S/C11H14N4O/c1-16-11-4-8(2-3-10(11)12)14-6-9-5-13-7-15-9/h2-5,7,14H,6,12H2,1H3,(H,13,15). The molecule has 2 aromatic rings. The Balaban J connectivity index is 2.04. The number of hydrogen-bond acceptors (Lipinski definition) is 4. The highest BCUT2D eigenvalue weighted by Gasteiger charge is 2.01. The molecular formula is C11H14N4O. The summed E-state index contributed by atoms with van der Waals surface area (Å²) >= 11 is 0. The lowest BCUT2D eigenvalue weighted by atomic mass is 10.2. The van der Waals surface area contributed by atoms with Crippen molar-refractivity contribution in [3.8, 4) is 5.75 Å². The fourth-order valence-electron chi connectivity index (χ4n) is 1.40. The van der Waals surface area contributed by atoms with Crippen molar-refractivity contribution in [3.63, 3.8) is 0 Å². The fourth-order valence-corrected chi connectivity index (χ4v) is 1.40. The fraction of sp³-hybridized carbons (Fsp3) is 0.182. The summed E-state index contributed by atoms with van der Waals surface area (Å²) in [5, 5.41) is 3.24. The molecular weight excluding hydrogens is 204 g/mol. The molecule has 2 rings (SSSR count). The van der Waals surface area contributed by atoms with E-state index >= 15 is 0 Å². The quantitative estimate of drug-likeness (QED) is 0.681. The highest BCUT2D eigenvalue weighted by atomic mass is 16.5. The number of nitrogens with one attached hydrogen (secondary N) is 2. The molecule has 0 unspecified atom stereocenters. The van der Waals surface area contributed by atoms with Crippen molar-refractivity contribution in [1.82, 2.24) is 9.97 Å². The summed E-state index contributed by atoms with van der Waals surface area (Å²) in [6.45, 7) is 0.688. The van der Waals surface area contributed by atoms with E-state index in [9.17, 15) is 0 Å². The number of aromatic nitrogens is 2. The van der Waals surface area contributed by atoms with E-state index in [2.05, 4.69) is 15.3 Å². The number of aromatic amines is 1. The molecule has 0 bridgehead atoms. The molecule has 0 aliphatic heterocycles. The number of hydrogen-bond donors (Lipinski definition) is 3. The van der Waals surface area contributed by atoms with Crippen molar-refractivity contribution in [2.45, 2.75) is 6.54 Å². The van der Waals surface area contributed by atoms with Gasteiger partial charge in [0, 0.05) is 18.0 Å². The monoisotopic (exact) mass is 218 g/mol. The van der Waals surface area contributed by atoms with Crippen LogP contribution in [0.15, 0.2) is 30.7 Å². The van der Waals surface area contributed by atoms with Crippen LogP contribution < -0.4 is 15.8 Å². The van der Waals surface area contributed by atoms with Crippen LogP contribution in [0.1, 0.15) is 5.69 Å². The van der Waals surface area contributed by atoms with E-state index in [0.717, 1.165) is 11.4 Å². The number of nitrogens with zero attached hydrogens (tertiary/aromatic N) is 1. The molecule has 0 saturated heterocycles. The zero-order valence-corrected chi connectivity index (χ0v) is 9.03. The molecule has 0 spiro atoms. The lowest BCUT2D eigenvalue weighted by Crippen LogP contribution is -2.00. The molecule has 0 saturated carbocycles. The number of benzene rings is 1. The van der Waals surface area contributed by atoms with Gasteiger partial charge in [-0.05, 0) is 12.1 Å². The van der Waals surface area contributed by atoms with Gasteiger partial charge in [-0.2, -0.15) is 0 Å². The Morgan fingerprint density at radius 3 is 3.06 bits per heavy atom. The van der Waals surface area contributed by atoms with E-state index in [1.807, 2.05) is 18.2 Å². The maximum absolute atomic E-state index is 5.72. The first kappa shape index (κ1) is 10.4. The lowest BCUT2D eigenvalue weighted by Gasteiger charge is -2.08. The highest BCUT2D eigenvalue weighted by molar-refractivity contribution is 5.61. The number of imidazole rings is 1. The first-order valence-electron chi connectivity index (χ1n) is 4.94. The average molecular weight is 218 g/mol. The number of nitrogen functional groups attached to an aromatic ring is 1. The molecule has 16 heavy (non-hydrogen) atoms. The normalized spacial score (nSPS) is 10.1. The number of H-pyrrole nitrogens is 1. The van der Waals surface area contributed by atoms with E-state index in [1.54, 1.807) is 19.6 Å². The number of methoxy groups -OCH3 is 1. The van der Waals surface area contributed by atoms with Crippen LogP contribution in [0, 0.1) is 0 Å². The summed E-state index contributed by atoms with van der Waals surface area (Å²) in [4.78, 5) is 6.96. The molecule has 5 nitrogen and oxygen atoms in total. The van der Waals surface area contributed by atoms with Crippen molar-refractivity contribution in [1.29, 1.82) is 0 Å². The molecule has 84 valence electrons. The molecule has 0 aliphatic rings. The largest absolute Gasteiger partial charge is 0.495 e. The van der Waals surface area contributed by atoms with Crippen molar-refractivity contribution in [2.75, 3.05) is 18.2 Å². The molecule has 0 atom stereocenters. The summed E-state index contributed by atoms with van der Waals surface area (Å²) in [5.74, 6) is 0.676. The van der Waals surface area contributed by atoms with Crippen LogP contribution in [0.2, 0.25) is 0 Å². The first-order valence-corrected chi connectivity index (χ1v) is 4.94. The summed E-state index contributed by atoms with van der Waals surface area (Å²) in [6.07, 6.45) is 3.43. The molecule has 0 aliphatic carbocycles. The van der Waals surface area contributed by atoms with Gasteiger partial charge in [-0.25, -0.2) is 4.98 Å². The predicted molar refractivity (Wildman–Crippen MR) is 63.3 cm³/mol. The molecule has 4 N–H and O–H groups in total. The third kappa shape index (κ3) is 2.25.